The molecule has 1 aliphatic rings. The standard InChI is InChI=1S/C22H26N6OS2/c1-3-28-19(12-15-8-7-11-27(15)2)25-26-22(28)30-14-20(29)24-21-17(13-23)16-9-5-4-6-10-18(16)31-21/h7-8,11H,3-6,9-10,12,14H2,1-2H3,(H,24,29). The summed E-state index contributed by atoms with van der Waals surface area (Å²) in [6.07, 6.45) is 8.12. The van der Waals surface area contributed by atoms with Crippen molar-refractivity contribution in [1.82, 2.24) is 19.3 Å². The van der Waals surface area contributed by atoms with Crippen molar-refractivity contribution in [2.24, 2.45) is 7.05 Å². The van der Waals surface area contributed by atoms with Crippen LogP contribution in [0.5, 0.6) is 0 Å². The highest BCUT2D eigenvalue weighted by atomic mass is 32.2. The topological polar surface area (TPSA) is 88.5 Å². The number of nitrogens with one attached hydrogen (secondary N) is 1. The lowest BCUT2D eigenvalue weighted by molar-refractivity contribution is -0.113. The van der Waals surface area contributed by atoms with Gasteiger partial charge in [0.05, 0.1) is 11.3 Å². The molecule has 0 unspecified atom stereocenters. The van der Waals surface area contributed by atoms with Gasteiger partial charge in [0.25, 0.3) is 0 Å². The number of hydrogen-bond donors (Lipinski definition) is 1. The van der Waals surface area contributed by atoms with Gasteiger partial charge in [-0.1, -0.05) is 18.2 Å². The number of hydrogen-bond acceptors (Lipinski definition) is 6. The quantitative estimate of drug-likeness (QED) is 0.428. The maximum Gasteiger partial charge on any atom is 0.235 e. The molecule has 3 aromatic heterocycles. The van der Waals surface area contributed by atoms with Crippen molar-refractivity contribution in [3.63, 3.8) is 0 Å². The third-order valence-electron chi connectivity index (χ3n) is 5.62. The normalized spacial score (nSPS) is 13.5. The first kappa shape index (κ1) is 21.7. The summed E-state index contributed by atoms with van der Waals surface area (Å²) < 4.78 is 4.13. The van der Waals surface area contributed by atoms with Crippen molar-refractivity contribution in [2.45, 2.75) is 57.1 Å². The van der Waals surface area contributed by atoms with Crippen LogP contribution in [0.15, 0.2) is 23.5 Å². The van der Waals surface area contributed by atoms with Crippen molar-refractivity contribution in [3.8, 4) is 6.07 Å². The molecule has 0 atom stereocenters. The zero-order valence-electron chi connectivity index (χ0n) is 17.8. The fourth-order valence-electron chi connectivity index (χ4n) is 3.96. The van der Waals surface area contributed by atoms with E-state index < -0.39 is 0 Å². The van der Waals surface area contributed by atoms with E-state index in [1.165, 1.54) is 23.1 Å². The van der Waals surface area contributed by atoms with E-state index in [9.17, 15) is 10.1 Å². The Bertz CT molecular complexity index is 1120. The molecule has 0 radical (unpaired) electrons. The average molecular weight is 455 g/mol. The summed E-state index contributed by atoms with van der Waals surface area (Å²) in [7, 11) is 2.02. The first-order valence-corrected chi connectivity index (χ1v) is 12.4. The monoisotopic (exact) mass is 454 g/mol. The van der Waals surface area contributed by atoms with Gasteiger partial charge in [0.2, 0.25) is 5.91 Å². The minimum Gasteiger partial charge on any atom is -0.354 e. The van der Waals surface area contributed by atoms with E-state index in [1.807, 2.05) is 19.3 Å². The van der Waals surface area contributed by atoms with Gasteiger partial charge in [-0.2, -0.15) is 5.26 Å². The molecule has 9 heteroatoms. The van der Waals surface area contributed by atoms with E-state index >= 15 is 0 Å². The van der Waals surface area contributed by atoms with Crippen molar-refractivity contribution in [2.75, 3.05) is 11.1 Å². The Morgan fingerprint density at radius 1 is 1.32 bits per heavy atom. The zero-order valence-corrected chi connectivity index (χ0v) is 19.5. The lowest BCUT2D eigenvalue weighted by Crippen LogP contribution is -2.15. The summed E-state index contributed by atoms with van der Waals surface area (Å²) in [6, 6.07) is 6.41. The molecule has 0 fully saturated rings. The summed E-state index contributed by atoms with van der Waals surface area (Å²) in [5.41, 5.74) is 2.96. The SMILES string of the molecule is CCn1c(Cc2cccn2C)nnc1SCC(=O)Nc1sc2c(c1C#N)CCCCC2. The fraction of sp³-hybridized carbons (Fsp3) is 0.455. The van der Waals surface area contributed by atoms with Crippen molar-refractivity contribution >= 4 is 34.0 Å². The van der Waals surface area contributed by atoms with Crippen LogP contribution in [0.2, 0.25) is 0 Å². The van der Waals surface area contributed by atoms with Crippen LogP contribution in [-0.2, 0) is 37.6 Å². The number of anilines is 1. The van der Waals surface area contributed by atoms with Gasteiger partial charge in [0.1, 0.15) is 16.9 Å². The van der Waals surface area contributed by atoms with Crippen LogP contribution in [0.4, 0.5) is 5.00 Å². The molecule has 0 bridgehead atoms. The Morgan fingerprint density at radius 3 is 2.90 bits per heavy atom. The van der Waals surface area contributed by atoms with E-state index in [-0.39, 0.29) is 11.7 Å². The second-order valence-electron chi connectivity index (χ2n) is 7.65. The summed E-state index contributed by atoms with van der Waals surface area (Å²) in [6.45, 7) is 2.80. The molecular formula is C22H26N6OS2. The van der Waals surface area contributed by atoms with Gasteiger partial charge in [-0.3, -0.25) is 4.79 Å². The number of thioether (sulfide) groups is 1. The third kappa shape index (κ3) is 4.70. The molecule has 1 N–H and O–H groups in total. The largest absolute Gasteiger partial charge is 0.354 e. The first-order chi connectivity index (χ1) is 15.1. The summed E-state index contributed by atoms with van der Waals surface area (Å²) in [5.74, 6) is 1.00. The molecule has 0 aromatic carbocycles. The van der Waals surface area contributed by atoms with Crippen LogP contribution in [0, 0.1) is 11.3 Å². The molecule has 0 spiro atoms. The Balaban J connectivity index is 1.42. The number of amides is 1. The number of rotatable bonds is 7. The van der Waals surface area contributed by atoms with E-state index in [4.69, 9.17) is 0 Å². The molecule has 3 heterocycles. The third-order valence-corrected chi connectivity index (χ3v) is 7.79. The van der Waals surface area contributed by atoms with Gasteiger partial charge < -0.3 is 14.5 Å². The second kappa shape index (κ2) is 9.71. The Morgan fingerprint density at radius 2 is 2.16 bits per heavy atom. The van der Waals surface area contributed by atoms with Crippen LogP contribution < -0.4 is 5.32 Å². The Labute approximate surface area is 190 Å². The van der Waals surface area contributed by atoms with E-state index in [1.54, 1.807) is 11.3 Å². The molecule has 3 aromatic rings. The highest BCUT2D eigenvalue weighted by Gasteiger charge is 2.21. The van der Waals surface area contributed by atoms with Crippen LogP contribution >= 0.6 is 23.1 Å². The highest BCUT2D eigenvalue weighted by Crippen LogP contribution is 2.37. The van der Waals surface area contributed by atoms with Crippen LogP contribution in [0.3, 0.4) is 0 Å². The van der Waals surface area contributed by atoms with Gasteiger partial charge in [-0.25, -0.2) is 0 Å². The maximum atomic E-state index is 12.6. The molecule has 1 amide bonds. The number of thiophene rings is 1. The number of nitrogens with zero attached hydrogens (tertiary/aromatic N) is 5. The van der Waals surface area contributed by atoms with Gasteiger partial charge in [-0.15, -0.1) is 21.5 Å². The fourth-order valence-corrected chi connectivity index (χ4v) is 6.04. The van der Waals surface area contributed by atoms with Gasteiger partial charge in [-0.05, 0) is 50.3 Å². The maximum absolute atomic E-state index is 12.6. The molecule has 1 aliphatic carbocycles. The lowest BCUT2D eigenvalue weighted by Gasteiger charge is -2.08. The van der Waals surface area contributed by atoms with Gasteiger partial charge in [0, 0.05) is 36.8 Å². The molecule has 0 aliphatic heterocycles. The van der Waals surface area contributed by atoms with E-state index in [0.29, 0.717) is 17.0 Å². The number of aryl methyl sites for hydroxylation is 2. The highest BCUT2D eigenvalue weighted by molar-refractivity contribution is 7.99. The molecule has 4 rings (SSSR count). The first-order valence-electron chi connectivity index (χ1n) is 10.6. The molecule has 0 saturated heterocycles. The summed E-state index contributed by atoms with van der Waals surface area (Å²) in [5, 5.41) is 22.7. The smallest absolute Gasteiger partial charge is 0.235 e. The predicted octanol–water partition coefficient (Wildman–Crippen LogP) is 4.16. The van der Waals surface area contributed by atoms with E-state index in [2.05, 4.69) is 43.7 Å². The molecular weight excluding hydrogens is 428 g/mol. The minimum absolute atomic E-state index is 0.118. The number of nitriles is 1. The summed E-state index contributed by atoms with van der Waals surface area (Å²) >= 11 is 2.95. The predicted molar refractivity (Wildman–Crippen MR) is 124 cm³/mol. The Kier molecular flexibility index (Phi) is 6.78. The average Bonchev–Trinajstić information content (AvgIpc) is 3.39. The minimum atomic E-state index is -0.118. The second-order valence-corrected chi connectivity index (χ2v) is 9.70. The van der Waals surface area contributed by atoms with Crippen molar-refractivity contribution in [1.29, 1.82) is 5.26 Å². The van der Waals surface area contributed by atoms with Gasteiger partial charge >= 0.3 is 0 Å². The number of carbonyl (C=O) groups is 1. The van der Waals surface area contributed by atoms with Crippen LogP contribution in [-0.4, -0.2) is 31.0 Å². The lowest BCUT2D eigenvalue weighted by atomic mass is 10.1. The number of aromatic nitrogens is 4. The molecule has 7 nitrogen and oxygen atoms in total. The van der Waals surface area contributed by atoms with Crippen molar-refractivity contribution < 1.29 is 4.79 Å². The number of carbonyl (C=O) groups excluding carboxylic acids is 1. The van der Waals surface area contributed by atoms with E-state index in [0.717, 1.165) is 54.5 Å². The number of fused-ring (bicyclic) bond motifs is 1. The Hall–Kier alpha value is -2.57. The van der Waals surface area contributed by atoms with Crippen LogP contribution in [0.25, 0.3) is 0 Å². The van der Waals surface area contributed by atoms with Gasteiger partial charge in [0.15, 0.2) is 5.16 Å². The zero-order chi connectivity index (χ0) is 21.8. The summed E-state index contributed by atoms with van der Waals surface area (Å²) in [4.78, 5) is 13.9. The molecule has 162 valence electrons. The van der Waals surface area contributed by atoms with Crippen molar-refractivity contribution in [3.05, 3.63) is 45.9 Å². The van der Waals surface area contributed by atoms with Crippen LogP contribution in [0.1, 0.15) is 53.7 Å². The molecule has 31 heavy (non-hydrogen) atoms. The molecule has 0 saturated carbocycles.